The summed E-state index contributed by atoms with van der Waals surface area (Å²) in [7, 11) is 0. The smallest absolute Gasteiger partial charge is 0.406 e. The van der Waals surface area contributed by atoms with Gasteiger partial charge in [0.15, 0.2) is 0 Å². The zero-order chi connectivity index (χ0) is 11.5. The maximum absolute atomic E-state index is 12.1. The molecule has 1 rings (SSSR count). The third-order valence-corrected chi connectivity index (χ3v) is 1.77. The Balaban J connectivity index is 2.74. The largest absolute Gasteiger partial charge is 0.432 e. The second-order valence-electron chi connectivity index (χ2n) is 2.95. The minimum atomic E-state index is -4.27. The molecule has 86 valence electrons. The molecule has 0 bridgehead atoms. The minimum absolute atomic E-state index is 0.0460. The number of alkyl halides is 3. The lowest BCUT2D eigenvalue weighted by Gasteiger charge is -2.19. The Bertz CT molecular complexity index is 310. The van der Waals surface area contributed by atoms with Crippen molar-refractivity contribution in [3.63, 3.8) is 0 Å². The summed E-state index contributed by atoms with van der Waals surface area (Å²) in [6.07, 6.45) is -3.01. The van der Waals surface area contributed by atoms with Gasteiger partial charge in [-0.15, -0.1) is 0 Å². The van der Waals surface area contributed by atoms with Gasteiger partial charge in [0.05, 0.1) is 5.69 Å². The molecule has 1 aromatic heterocycles. The highest BCUT2D eigenvalue weighted by Crippen LogP contribution is 2.21. The molecule has 1 aromatic rings. The molecule has 0 aromatic carbocycles. The molecule has 0 amide bonds. The summed E-state index contributed by atoms with van der Waals surface area (Å²) in [6.45, 7) is 0.836. The van der Waals surface area contributed by atoms with Gasteiger partial charge in [-0.2, -0.15) is 18.2 Å². The van der Waals surface area contributed by atoms with E-state index in [1.54, 1.807) is 6.92 Å². The predicted molar refractivity (Wildman–Crippen MR) is 48.3 cm³/mol. The average molecular weight is 223 g/mol. The van der Waals surface area contributed by atoms with Gasteiger partial charge in [-0.1, -0.05) is 0 Å². The predicted octanol–water partition coefficient (Wildman–Crippen LogP) is 1.52. The third-order valence-electron chi connectivity index (χ3n) is 1.77. The molecule has 0 aliphatic rings. The van der Waals surface area contributed by atoms with E-state index in [1.807, 2.05) is 0 Å². The van der Waals surface area contributed by atoms with E-state index in [0.717, 1.165) is 4.90 Å². The first-order valence-electron chi connectivity index (χ1n) is 4.42. The summed E-state index contributed by atoms with van der Waals surface area (Å²) in [5.74, 6) is 0. The molecular formula is C8H12F3N3O. The van der Waals surface area contributed by atoms with Crippen molar-refractivity contribution in [1.82, 2.24) is 4.98 Å². The first kappa shape index (κ1) is 11.8. The Hall–Kier alpha value is -1.24. The summed E-state index contributed by atoms with van der Waals surface area (Å²) < 4.78 is 41.3. The number of hydrogen-bond donors (Lipinski definition) is 1. The van der Waals surface area contributed by atoms with Crippen molar-refractivity contribution in [2.45, 2.75) is 19.6 Å². The lowest BCUT2D eigenvalue weighted by molar-refractivity contribution is -0.120. The van der Waals surface area contributed by atoms with Crippen molar-refractivity contribution in [1.29, 1.82) is 0 Å². The summed E-state index contributed by atoms with van der Waals surface area (Å²) in [4.78, 5) is 4.82. The summed E-state index contributed by atoms with van der Waals surface area (Å²) in [6, 6.07) is -0.0460. The van der Waals surface area contributed by atoms with E-state index in [9.17, 15) is 13.2 Å². The van der Waals surface area contributed by atoms with Gasteiger partial charge in [-0.25, -0.2) is 0 Å². The van der Waals surface area contributed by atoms with Gasteiger partial charge in [0.2, 0.25) is 0 Å². The summed E-state index contributed by atoms with van der Waals surface area (Å²) in [5.41, 5.74) is 5.70. The van der Waals surface area contributed by atoms with E-state index in [-0.39, 0.29) is 19.1 Å². The summed E-state index contributed by atoms with van der Waals surface area (Å²) >= 11 is 0. The number of anilines is 1. The molecule has 0 saturated heterocycles. The fourth-order valence-corrected chi connectivity index (χ4v) is 1.07. The van der Waals surface area contributed by atoms with Crippen molar-refractivity contribution in [3.8, 4) is 0 Å². The molecule has 0 spiro atoms. The second kappa shape index (κ2) is 4.52. The molecule has 2 N–H and O–H groups in total. The van der Waals surface area contributed by atoms with Crippen LogP contribution in [0.5, 0.6) is 0 Å². The maximum Gasteiger partial charge on any atom is 0.406 e. The van der Waals surface area contributed by atoms with Crippen LogP contribution in [-0.4, -0.2) is 24.2 Å². The zero-order valence-electron chi connectivity index (χ0n) is 8.21. The molecule has 0 aliphatic heterocycles. The molecule has 0 radical (unpaired) electrons. The highest BCUT2D eigenvalue weighted by Gasteiger charge is 2.31. The van der Waals surface area contributed by atoms with E-state index in [2.05, 4.69) is 4.98 Å². The first-order valence-corrected chi connectivity index (χ1v) is 4.42. The Morgan fingerprint density at radius 2 is 2.20 bits per heavy atom. The zero-order valence-corrected chi connectivity index (χ0v) is 8.21. The van der Waals surface area contributed by atoms with Crippen LogP contribution in [0.25, 0.3) is 0 Å². The Labute approximate surface area is 84.9 Å². The molecule has 0 unspecified atom stereocenters. The second-order valence-corrected chi connectivity index (χ2v) is 2.95. The third kappa shape index (κ3) is 3.43. The van der Waals surface area contributed by atoms with E-state index in [4.69, 9.17) is 10.2 Å². The van der Waals surface area contributed by atoms with E-state index in [1.165, 1.54) is 6.26 Å². The Kier molecular flexibility index (Phi) is 3.57. The molecule has 7 heteroatoms. The van der Waals surface area contributed by atoms with Gasteiger partial charge in [-0.05, 0) is 6.92 Å². The van der Waals surface area contributed by atoms with E-state index < -0.39 is 12.7 Å². The van der Waals surface area contributed by atoms with Crippen molar-refractivity contribution in [2.24, 2.45) is 5.73 Å². The van der Waals surface area contributed by atoms with Gasteiger partial charge in [0, 0.05) is 13.1 Å². The van der Waals surface area contributed by atoms with E-state index in [0.29, 0.717) is 5.69 Å². The molecule has 0 atom stereocenters. The van der Waals surface area contributed by atoms with Gasteiger partial charge in [0.1, 0.15) is 12.8 Å². The maximum atomic E-state index is 12.1. The standard InChI is InChI=1S/C8H12F3N3O/c1-2-14(5-8(9,10)11)7-13-6(3-12)4-15-7/h4H,2-3,5,12H2,1H3. The molecule has 1 heterocycles. The van der Waals surface area contributed by atoms with Crippen LogP contribution in [0.3, 0.4) is 0 Å². The molecule has 0 fully saturated rings. The quantitative estimate of drug-likeness (QED) is 0.840. The molecule has 0 aliphatic carbocycles. The van der Waals surface area contributed by atoms with Gasteiger partial charge in [0.25, 0.3) is 6.01 Å². The molecular weight excluding hydrogens is 211 g/mol. The minimum Gasteiger partial charge on any atom is -0.432 e. The lowest BCUT2D eigenvalue weighted by atomic mass is 10.5. The van der Waals surface area contributed by atoms with Crippen LogP contribution in [0.15, 0.2) is 10.7 Å². The highest BCUT2D eigenvalue weighted by molar-refractivity contribution is 5.26. The van der Waals surface area contributed by atoms with Crippen LogP contribution < -0.4 is 10.6 Å². The monoisotopic (exact) mass is 223 g/mol. The van der Waals surface area contributed by atoms with Crippen molar-refractivity contribution < 1.29 is 17.6 Å². The SMILES string of the molecule is CCN(CC(F)(F)F)c1nc(CN)co1. The van der Waals surface area contributed by atoms with Crippen molar-refractivity contribution in [2.75, 3.05) is 18.0 Å². The molecule has 4 nitrogen and oxygen atoms in total. The Morgan fingerprint density at radius 1 is 1.53 bits per heavy atom. The number of nitrogens with two attached hydrogens (primary N) is 1. The number of oxazole rings is 1. The fourth-order valence-electron chi connectivity index (χ4n) is 1.07. The first-order chi connectivity index (χ1) is 6.96. The van der Waals surface area contributed by atoms with Gasteiger partial charge < -0.3 is 15.1 Å². The van der Waals surface area contributed by atoms with Crippen LogP contribution in [-0.2, 0) is 6.54 Å². The number of aromatic nitrogens is 1. The molecule has 15 heavy (non-hydrogen) atoms. The topological polar surface area (TPSA) is 55.3 Å². The van der Waals surface area contributed by atoms with Gasteiger partial charge >= 0.3 is 6.18 Å². The average Bonchev–Trinajstić information content (AvgIpc) is 2.60. The number of halogens is 3. The van der Waals surface area contributed by atoms with Crippen LogP contribution in [0.4, 0.5) is 19.2 Å². The van der Waals surface area contributed by atoms with Crippen molar-refractivity contribution >= 4 is 6.01 Å². The van der Waals surface area contributed by atoms with E-state index >= 15 is 0 Å². The Morgan fingerprint density at radius 3 is 2.60 bits per heavy atom. The van der Waals surface area contributed by atoms with Crippen LogP contribution >= 0.6 is 0 Å². The highest BCUT2D eigenvalue weighted by atomic mass is 19.4. The lowest BCUT2D eigenvalue weighted by Crippen LogP contribution is -2.34. The van der Waals surface area contributed by atoms with Crippen LogP contribution in [0, 0.1) is 0 Å². The fraction of sp³-hybridized carbons (Fsp3) is 0.625. The van der Waals surface area contributed by atoms with Crippen LogP contribution in [0.1, 0.15) is 12.6 Å². The number of hydrogen-bond acceptors (Lipinski definition) is 4. The molecule has 0 saturated carbocycles. The van der Waals surface area contributed by atoms with Crippen molar-refractivity contribution in [3.05, 3.63) is 12.0 Å². The van der Waals surface area contributed by atoms with Gasteiger partial charge in [-0.3, -0.25) is 0 Å². The number of rotatable bonds is 4. The van der Waals surface area contributed by atoms with Crippen LogP contribution in [0.2, 0.25) is 0 Å². The summed E-state index contributed by atoms with van der Waals surface area (Å²) in [5, 5.41) is 0. The normalized spacial score (nSPS) is 11.8. The number of nitrogens with zero attached hydrogens (tertiary/aromatic N) is 2.